The van der Waals surface area contributed by atoms with Gasteiger partial charge in [0.1, 0.15) is 0 Å². The van der Waals surface area contributed by atoms with E-state index in [-0.39, 0.29) is 53.9 Å². The fourth-order valence-corrected chi connectivity index (χ4v) is 5.04. The van der Waals surface area contributed by atoms with Crippen molar-refractivity contribution in [1.29, 1.82) is 0 Å². The van der Waals surface area contributed by atoms with Gasteiger partial charge in [-0.05, 0) is 48.8 Å². The van der Waals surface area contributed by atoms with Crippen LogP contribution in [0.2, 0.25) is 0 Å². The van der Waals surface area contributed by atoms with E-state index in [9.17, 15) is 2.74 Å². The van der Waals surface area contributed by atoms with E-state index in [1.807, 2.05) is 0 Å². The molecule has 7 aromatic rings. The average molecular weight is 456 g/mol. The van der Waals surface area contributed by atoms with E-state index in [4.69, 9.17) is 23.3 Å². The van der Waals surface area contributed by atoms with E-state index in [0.29, 0.717) is 0 Å². The Morgan fingerprint density at radius 3 is 1.82 bits per heavy atom. The molecule has 154 valence electrons. The van der Waals surface area contributed by atoms with Crippen LogP contribution in [0.4, 0.5) is 0 Å². The van der Waals surface area contributed by atoms with E-state index < -0.39 is 126 Å². The second kappa shape index (κ2) is 7.30. The maximum absolute atomic E-state index is 9.26. The molecule has 0 saturated carbocycles. The lowest BCUT2D eigenvalue weighted by atomic mass is 9.89. The summed E-state index contributed by atoms with van der Waals surface area (Å²) in [4.78, 5) is -0.138. The van der Waals surface area contributed by atoms with Crippen molar-refractivity contribution in [1.82, 2.24) is 0 Å². The highest BCUT2D eigenvalue weighted by Crippen LogP contribution is 2.48. The molecule has 0 nitrogen and oxygen atoms in total. The minimum Gasteiger partial charge on any atom is -0.142 e. The molecule has 0 spiro atoms. The van der Waals surface area contributed by atoms with E-state index in [1.54, 1.807) is 0 Å². The minimum atomic E-state index is -0.767. The Hall–Kier alpha value is -3.94. The van der Waals surface area contributed by atoms with E-state index in [2.05, 4.69) is 0 Å². The van der Waals surface area contributed by atoms with Crippen LogP contribution in [0.25, 0.3) is 65.0 Å². The van der Waals surface area contributed by atoms with Gasteiger partial charge in [0.15, 0.2) is 0 Å². The van der Waals surface area contributed by atoms with Crippen molar-refractivity contribution in [2.24, 2.45) is 0 Å². The predicted molar refractivity (Wildman–Crippen MR) is 144 cm³/mol. The van der Waals surface area contributed by atoms with Crippen molar-refractivity contribution >= 4 is 43.7 Å². The third kappa shape index (κ3) is 2.83. The molecule has 0 aliphatic rings. The molecule has 1 heteroatoms. The summed E-state index contributed by atoms with van der Waals surface area (Å²) in [6.45, 7) is 0. The van der Waals surface area contributed by atoms with Gasteiger partial charge >= 0.3 is 0 Å². The highest BCUT2D eigenvalue weighted by Gasteiger charge is 2.19. The smallest absolute Gasteiger partial charge is 0.0630 e. The summed E-state index contributed by atoms with van der Waals surface area (Å²) in [5, 5.41) is -0.0812. The van der Waals surface area contributed by atoms with Gasteiger partial charge in [0, 0.05) is 21.6 Å². The summed E-state index contributed by atoms with van der Waals surface area (Å²) in [7, 11) is 0. The van der Waals surface area contributed by atoms with Crippen LogP contribution in [0.3, 0.4) is 0 Å². The molecule has 1 heterocycles. The van der Waals surface area contributed by atoms with Crippen molar-refractivity contribution in [3.05, 3.63) is 120 Å². The first-order valence-electron chi connectivity index (χ1n) is 19.2. The van der Waals surface area contributed by atoms with Crippen LogP contribution < -0.4 is 0 Å². The minimum absolute atomic E-state index is 0.125. The zero-order valence-electron chi connectivity index (χ0n) is 35.5. The quantitative estimate of drug-likeness (QED) is 0.233. The summed E-state index contributed by atoms with van der Waals surface area (Å²) >= 11 is 0.762. The normalized spacial score (nSPS) is 19.7. The summed E-state index contributed by atoms with van der Waals surface area (Å²) in [5.74, 6) is 0. The van der Waals surface area contributed by atoms with Gasteiger partial charge in [-0.15, -0.1) is 11.3 Å². The lowest BCUT2D eigenvalue weighted by molar-refractivity contribution is 1.63. The Kier molecular flexibility index (Phi) is 1.73. The lowest BCUT2D eigenvalue weighted by Gasteiger charge is -2.15. The van der Waals surface area contributed by atoms with Crippen molar-refractivity contribution in [3.63, 3.8) is 0 Å². The van der Waals surface area contributed by atoms with Gasteiger partial charge in [-0.25, -0.2) is 0 Å². The first-order chi connectivity index (χ1) is 24.3. The number of benzene rings is 6. The van der Waals surface area contributed by atoms with Crippen LogP contribution in [-0.4, -0.2) is 0 Å². The predicted octanol–water partition coefficient (Wildman–Crippen LogP) is 9.65. The van der Waals surface area contributed by atoms with Crippen molar-refractivity contribution in [2.75, 3.05) is 0 Å². The number of thiophene rings is 1. The van der Waals surface area contributed by atoms with E-state index >= 15 is 0 Å². The van der Waals surface area contributed by atoms with Crippen LogP contribution in [0.1, 0.15) is 26.0 Å². The molecule has 0 unspecified atom stereocenters. The van der Waals surface area contributed by atoms with Gasteiger partial charge in [0.2, 0.25) is 0 Å². The Bertz CT molecular complexity index is 2700. The van der Waals surface area contributed by atoms with Crippen LogP contribution in [-0.2, 0) is 0 Å². The molecule has 0 amide bonds. The summed E-state index contributed by atoms with van der Waals surface area (Å²) in [5.41, 5.74) is -1.63. The summed E-state index contributed by atoms with van der Waals surface area (Å²) in [6.07, 6.45) is 0. The Labute approximate surface area is 223 Å². The number of hydrogen-bond donors (Lipinski definition) is 0. The second-order valence-electron chi connectivity index (χ2n) is 7.10. The zero-order valence-corrected chi connectivity index (χ0v) is 17.3. The maximum atomic E-state index is 9.26. The molecule has 0 aliphatic carbocycles. The van der Waals surface area contributed by atoms with Crippen molar-refractivity contribution in [3.8, 4) is 32.7 Å². The Balaban J connectivity index is 1.80. The fourth-order valence-electron chi connectivity index (χ4n) is 3.97. The molecule has 6 aromatic carbocycles. The number of rotatable bonds is 3. The van der Waals surface area contributed by atoms with Gasteiger partial charge in [-0.2, -0.15) is 0 Å². The molecule has 0 bridgehead atoms. The molecule has 0 saturated heterocycles. The molecule has 0 radical (unpaired) electrons. The van der Waals surface area contributed by atoms with Gasteiger partial charge in [-0.1, -0.05) is 115 Å². The van der Waals surface area contributed by atoms with Crippen LogP contribution >= 0.6 is 11.3 Å². The first kappa shape index (κ1) is 7.83. The van der Waals surface area contributed by atoms with Gasteiger partial charge in [0.05, 0.1) is 26.0 Å². The van der Waals surface area contributed by atoms with Crippen LogP contribution in [0.15, 0.2) is 120 Å². The topological polar surface area (TPSA) is 0 Å². The Morgan fingerprint density at radius 1 is 0.485 bits per heavy atom. The van der Waals surface area contributed by atoms with E-state index in [1.165, 1.54) is 5.38 Å². The zero-order chi connectivity index (χ0) is 38.3. The highest BCUT2D eigenvalue weighted by molar-refractivity contribution is 7.15. The third-order valence-electron chi connectivity index (χ3n) is 5.35. The van der Waals surface area contributed by atoms with Gasteiger partial charge in [-0.3, -0.25) is 0 Å². The molecule has 0 N–H and O–H groups in total. The second-order valence-corrected chi connectivity index (χ2v) is 7.98. The van der Waals surface area contributed by atoms with Gasteiger partial charge < -0.3 is 0 Å². The molecule has 1 aromatic heterocycles. The molecule has 0 aliphatic heterocycles. The molecule has 0 atom stereocenters. The largest absolute Gasteiger partial charge is 0.142 e. The molecular weight excluding hydrogens is 416 g/mol. The fraction of sp³-hybridized carbons (Fsp3) is 0. The summed E-state index contributed by atoms with van der Waals surface area (Å²) < 4.78 is 164. The summed E-state index contributed by atoms with van der Waals surface area (Å²) in [6, 6.07) is -12.9. The van der Waals surface area contributed by atoms with Crippen molar-refractivity contribution in [2.45, 2.75) is 0 Å². The van der Waals surface area contributed by atoms with Crippen molar-refractivity contribution < 1.29 is 26.0 Å². The average Bonchev–Trinajstić information content (AvgIpc) is 3.52. The molecule has 33 heavy (non-hydrogen) atoms. The molecule has 0 fully saturated rings. The Morgan fingerprint density at radius 2 is 1.09 bits per heavy atom. The molecule has 7 rings (SSSR count). The monoisotopic (exact) mass is 455 g/mol. The van der Waals surface area contributed by atoms with Crippen LogP contribution in [0.5, 0.6) is 0 Å². The van der Waals surface area contributed by atoms with Crippen LogP contribution in [0, 0.1) is 0 Å². The maximum Gasteiger partial charge on any atom is 0.0630 e. The standard InChI is InChI=1S/C32H20S/c1-3-8-21(9-4-1)28-20-33-32(31(28)22-10-5-2-6-11-22)27-19-17-25-15-14-23-12-7-13-24-16-18-26(27)30(25)29(23)24/h1-20H/i1D,2D,3D,4D,5D,6D,7D,8D,9D,10D,11D,12D,13D,14D,15D,16D,17D,18D,19D. The van der Waals surface area contributed by atoms with E-state index in [0.717, 1.165) is 11.3 Å². The third-order valence-corrected chi connectivity index (χ3v) is 6.35. The lowest BCUT2D eigenvalue weighted by Crippen LogP contribution is -1.88. The highest BCUT2D eigenvalue weighted by atomic mass is 32.1. The first-order valence-corrected chi connectivity index (χ1v) is 10.6. The van der Waals surface area contributed by atoms with Gasteiger partial charge in [0.25, 0.3) is 0 Å². The number of hydrogen-bond acceptors (Lipinski definition) is 1. The molecular formula is C32H20S. The SMILES string of the molecule is [2H]c1c([2H])c([2H])c(-c2csc(-c3c([2H])c([2H])c4c([2H])c([2H])c5c([2H])c([2H])c([2H])c6c([2H])c([2H])c3c4c56)c2-c2c([2H])c([2H])c([2H])c([2H])c2[2H])c([2H])c1[2H].